The van der Waals surface area contributed by atoms with E-state index in [0.717, 1.165) is 11.3 Å². The van der Waals surface area contributed by atoms with Crippen LogP contribution in [0.25, 0.3) is 5.69 Å². The molecule has 0 radical (unpaired) electrons. The molecule has 1 N–H and O–H groups in total. The fraction of sp³-hybridized carbons (Fsp3) is 0.370. The van der Waals surface area contributed by atoms with E-state index in [1.54, 1.807) is 41.1 Å². The van der Waals surface area contributed by atoms with Crippen molar-refractivity contribution in [3.8, 4) is 5.69 Å². The molecule has 1 unspecified atom stereocenters. The van der Waals surface area contributed by atoms with Crippen LogP contribution in [0.2, 0.25) is 5.02 Å². The van der Waals surface area contributed by atoms with Crippen LogP contribution in [-0.4, -0.2) is 39.9 Å². The van der Waals surface area contributed by atoms with Gasteiger partial charge in [-0.05, 0) is 38.1 Å². The van der Waals surface area contributed by atoms with Gasteiger partial charge < -0.3 is 5.32 Å². The number of thioether (sulfide) groups is 1. The van der Waals surface area contributed by atoms with Gasteiger partial charge in [0.1, 0.15) is 18.2 Å². The topological polar surface area (TPSA) is 67.2 Å². The maximum absolute atomic E-state index is 15.1. The molecule has 0 fully saturated rings. The summed E-state index contributed by atoms with van der Waals surface area (Å²) in [6, 6.07) is 13.7. The average molecular weight is 529 g/mol. The van der Waals surface area contributed by atoms with Gasteiger partial charge in [-0.15, -0.1) is 11.8 Å². The maximum Gasteiger partial charge on any atom is 0.240 e. The van der Waals surface area contributed by atoms with Gasteiger partial charge in [0.25, 0.3) is 0 Å². The molecule has 6 nitrogen and oxygen atoms in total. The van der Waals surface area contributed by atoms with Gasteiger partial charge in [0.15, 0.2) is 0 Å². The van der Waals surface area contributed by atoms with Crippen LogP contribution in [0.3, 0.4) is 0 Å². The number of hydrogen-bond donors (Lipinski definition) is 1. The van der Waals surface area contributed by atoms with Crippen molar-refractivity contribution in [3.63, 3.8) is 0 Å². The second-order valence-electron chi connectivity index (χ2n) is 10.1. The van der Waals surface area contributed by atoms with E-state index < -0.39 is 10.7 Å². The fourth-order valence-corrected chi connectivity index (χ4v) is 5.71. The zero-order valence-electron chi connectivity index (χ0n) is 21.0. The predicted octanol–water partition coefficient (Wildman–Crippen LogP) is 5.66. The highest BCUT2D eigenvalue weighted by Crippen LogP contribution is 2.48. The average Bonchev–Trinajstić information content (AvgIpc) is 3.13. The zero-order valence-corrected chi connectivity index (χ0v) is 22.6. The van der Waals surface area contributed by atoms with Gasteiger partial charge in [-0.2, -0.15) is 5.10 Å². The molecule has 0 saturated heterocycles. The van der Waals surface area contributed by atoms with Crippen molar-refractivity contribution in [1.29, 1.82) is 0 Å². The molecular weight excluding hydrogens is 499 g/mol. The van der Waals surface area contributed by atoms with Crippen molar-refractivity contribution in [1.82, 2.24) is 15.1 Å². The molecule has 190 valence electrons. The van der Waals surface area contributed by atoms with Gasteiger partial charge in [-0.1, -0.05) is 56.6 Å². The van der Waals surface area contributed by atoms with E-state index in [1.165, 1.54) is 22.7 Å². The Hall–Kier alpha value is -2.84. The van der Waals surface area contributed by atoms with E-state index in [1.807, 2.05) is 40.7 Å². The van der Waals surface area contributed by atoms with Crippen molar-refractivity contribution in [2.45, 2.75) is 51.3 Å². The Balaban J connectivity index is 2.03. The van der Waals surface area contributed by atoms with E-state index in [4.69, 9.17) is 16.7 Å². The van der Waals surface area contributed by atoms with Crippen LogP contribution in [-0.2, 0) is 15.0 Å². The van der Waals surface area contributed by atoms with E-state index in [-0.39, 0.29) is 36.0 Å². The molecule has 3 aromatic rings. The van der Waals surface area contributed by atoms with E-state index in [0.29, 0.717) is 22.1 Å². The van der Waals surface area contributed by atoms with Crippen molar-refractivity contribution < 1.29 is 14.0 Å². The van der Waals surface area contributed by atoms with Crippen molar-refractivity contribution in [3.05, 3.63) is 76.2 Å². The van der Waals surface area contributed by atoms with Crippen molar-refractivity contribution in [2.75, 3.05) is 17.2 Å². The maximum atomic E-state index is 15.1. The van der Waals surface area contributed by atoms with Crippen LogP contribution in [0.4, 0.5) is 10.2 Å². The number of anilines is 1. The first kappa shape index (κ1) is 26.2. The van der Waals surface area contributed by atoms with Crippen molar-refractivity contribution in [2.24, 2.45) is 0 Å². The minimum absolute atomic E-state index is 0.0810. The summed E-state index contributed by atoms with van der Waals surface area (Å²) in [5, 5.41) is 7.86. The highest BCUT2D eigenvalue weighted by molar-refractivity contribution is 8.00. The highest BCUT2D eigenvalue weighted by Gasteiger charge is 2.40. The Morgan fingerprint density at radius 2 is 1.94 bits per heavy atom. The SMILES string of the molecule is CC(C)NC(=O)CN1C(=O)CSC(c2ccccc2F)c2c(C(C)(C)C)nn(-c3cccc(Cl)c3)c21. The summed E-state index contributed by atoms with van der Waals surface area (Å²) in [6.45, 7) is 9.65. The summed E-state index contributed by atoms with van der Waals surface area (Å²) in [5.41, 5.74) is 2.14. The molecule has 9 heteroatoms. The number of carbonyl (C=O) groups is 2. The number of hydrogen-bond acceptors (Lipinski definition) is 4. The van der Waals surface area contributed by atoms with Crippen LogP contribution in [0.1, 0.15) is 56.7 Å². The number of amides is 2. The molecule has 0 bridgehead atoms. The molecule has 2 aromatic carbocycles. The monoisotopic (exact) mass is 528 g/mol. The second-order valence-corrected chi connectivity index (χ2v) is 11.7. The predicted molar refractivity (Wildman–Crippen MR) is 144 cm³/mol. The lowest BCUT2D eigenvalue weighted by Crippen LogP contribution is -2.44. The van der Waals surface area contributed by atoms with E-state index in [2.05, 4.69) is 5.32 Å². The summed E-state index contributed by atoms with van der Waals surface area (Å²) in [5.74, 6) is -0.335. The fourth-order valence-electron chi connectivity index (χ4n) is 4.31. The molecule has 1 aromatic heterocycles. The standard InChI is InChI=1S/C27H30ClFN4O2S/c1-16(2)30-21(34)14-32-22(35)15-36-24(19-11-6-7-12-20(19)29)23-25(27(3,4)5)31-33(26(23)32)18-10-8-9-17(28)13-18/h6-13,16,24H,14-15H2,1-5H3,(H,30,34). The number of aromatic nitrogens is 2. The Labute approximate surface area is 220 Å². The second kappa shape index (κ2) is 10.3. The number of benzene rings is 2. The number of nitrogens with zero attached hydrogens (tertiary/aromatic N) is 3. The molecule has 2 heterocycles. The zero-order chi connectivity index (χ0) is 26.2. The lowest BCUT2D eigenvalue weighted by molar-refractivity contribution is -0.123. The van der Waals surface area contributed by atoms with Crippen LogP contribution in [0, 0.1) is 5.82 Å². The number of rotatable bonds is 5. The smallest absolute Gasteiger partial charge is 0.240 e. The minimum Gasteiger partial charge on any atom is -0.352 e. The molecule has 2 amide bonds. The number of carbonyl (C=O) groups excluding carboxylic acids is 2. The molecule has 1 atom stereocenters. The van der Waals surface area contributed by atoms with Gasteiger partial charge in [-0.25, -0.2) is 9.07 Å². The van der Waals surface area contributed by atoms with Crippen molar-refractivity contribution >= 4 is 41.0 Å². The summed E-state index contributed by atoms with van der Waals surface area (Å²) in [6.07, 6.45) is 0. The number of fused-ring (bicyclic) bond motifs is 1. The van der Waals surface area contributed by atoms with Crippen LogP contribution >= 0.6 is 23.4 Å². The van der Waals surface area contributed by atoms with Crippen LogP contribution in [0.15, 0.2) is 48.5 Å². The Kier molecular flexibility index (Phi) is 7.48. The molecule has 1 aliphatic rings. The Morgan fingerprint density at radius 3 is 2.58 bits per heavy atom. The lowest BCUT2D eigenvalue weighted by Gasteiger charge is -2.25. The van der Waals surface area contributed by atoms with Gasteiger partial charge in [0, 0.05) is 27.6 Å². The van der Waals surface area contributed by atoms with Gasteiger partial charge >= 0.3 is 0 Å². The third-order valence-electron chi connectivity index (χ3n) is 5.79. The van der Waals surface area contributed by atoms with Crippen LogP contribution in [0.5, 0.6) is 0 Å². The Bertz CT molecular complexity index is 1300. The van der Waals surface area contributed by atoms with Gasteiger partial charge in [0.2, 0.25) is 11.8 Å². The van der Waals surface area contributed by atoms with Gasteiger partial charge in [0.05, 0.1) is 22.4 Å². The Morgan fingerprint density at radius 1 is 1.22 bits per heavy atom. The molecule has 0 saturated carbocycles. The molecule has 36 heavy (non-hydrogen) atoms. The molecule has 0 aliphatic carbocycles. The third kappa shape index (κ3) is 5.30. The van der Waals surface area contributed by atoms with E-state index >= 15 is 4.39 Å². The van der Waals surface area contributed by atoms with E-state index in [9.17, 15) is 9.59 Å². The summed E-state index contributed by atoms with van der Waals surface area (Å²) in [4.78, 5) is 27.9. The molecule has 0 spiro atoms. The quantitative estimate of drug-likeness (QED) is 0.464. The number of halogens is 2. The largest absolute Gasteiger partial charge is 0.352 e. The minimum atomic E-state index is -0.495. The first-order valence-corrected chi connectivity index (χ1v) is 13.2. The van der Waals surface area contributed by atoms with Gasteiger partial charge in [-0.3, -0.25) is 14.5 Å². The lowest BCUT2D eigenvalue weighted by atomic mass is 9.87. The third-order valence-corrected chi connectivity index (χ3v) is 7.26. The molecular formula is C27H30ClFN4O2S. The first-order chi connectivity index (χ1) is 17.0. The molecule has 4 rings (SSSR count). The normalized spacial score (nSPS) is 16.2. The molecule has 1 aliphatic heterocycles. The highest BCUT2D eigenvalue weighted by atomic mass is 35.5. The number of nitrogens with one attached hydrogen (secondary N) is 1. The first-order valence-electron chi connectivity index (χ1n) is 11.8. The summed E-state index contributed by atoms with van der Waals surface area (Å²) >= 11 is 7.67. The van der Waals surface area contributed by atoms with Crippen LogP contribution < -0.4 is 10.2 Å². The summed E-state index contributed by atoms with van der Waals surface area (Å²) < 4.78 is 16.8. The summed E-state index contributed by atoms with van der Waals surface area (Å²) in [7, 11) is 0.